The molecule has 0 aromatic carbocycles. The van der Waals surface area contributed by atoms with Crippen molar-refractivity contribution in [2.75, 3.05) is 25.4 Å². The van der Waals surface area contributed by atoms with Gasteiger partial charge >= 0.3 is 0 Å². The lowest BCUT2D eigenvalue weighted by molar-refractivity contribution is 0.0651. The van der Waals surface area contributed by atoms with Crippen LogP contribution < -0.4 is 5.73 Å². The Morgan fingerprint density at radius 2 is 2.21 bits per heavy atom. The molecule has 0 bridgehead atoms. The molecule has 0 radical (unpaired) electrons. The predicted molar refractivity (Wildman–Crippen MR) is 54.3 cm³/mol. The standard InChI is InChI=1S/C8H18N2O3S/c1-2-5-14(12,13)10-4-3-8(11,6-9)7-10/h11H,2-7,9H2,1H3. The summed E-state index contributed by atoms with van der Waals surface area (Å²) in [5.74, 6) is 0.146. The molecule has 14 heavy (non-hydrogen) atoms. The second kappa shape index (κ2) is 4.14. The molecule has 1 saturated heterocycles. The van der Waals surface area contributed by atoms with Crippen molar-refractivity contribution >= 4 is 10.0 Å². The maximum atomic E-state index is 11.6. The molecule has 84 valence electrons. The zero-order valence-electron chi connectivity index (χ0n) is 8.44. The topological polar surface area (TPSA) is 83.6 Å². The van der Waals surface area contributed by atoms with E-state index in [9.17, 15) is 13.5 Å². The molecular weight excluding hydrogens is 204 g/mol. The van der Waals surface area contributed by atoms with Crippen LogP contribution in [0.5, 0.6) is 0 Å². The first-order chi connectivity index (χ1) is 6.43. The average molecular weight is 222 g/mol. The normalized spacial score (nSPS) is 29.6. The molecule has 0 spiro atoms. The average Bonchev–Trinajstić information content (AvgIpc) is 2.50. The Bertz CT molecular complexity index is 291. The maximum absolute atomic E-state index is 11.6. The van der Waals surface area contributed by atoms with Crippen LogP contribution in [0.25, 0.3) is 0 Å². The molecule has 0 saturated carbocycles. The van der Waals surface area contributed by atoms with Crippen molar-refractivity contribution in [2.24, 2.45) is 5.73 Å². The van der Waals surface area contributed by atoms with Gasteiger partial charge in [-0.15, -0.1) is 0 Å². The lowest BCUT2D eigenvalue weighted by atomic mass is 10.1. The van der Waals surface area contributed by atoms with E-state index in [-0.39, 0.29) is 18.8 Å². The van der Waals surface area contributed by atoms with E-state index < -0.39 is 15.6 Å². The van der Waals surface area contributed by atoms with Gasteiger partial charge in [0.2, 0.25) is 10.0 Å². The van der Waals surface area contributed by atoms with Gasteiger partial charge < -0.3 is 10.8 Å². The van der Waals surface area contributed by atoms with Crippen LogP contribution in [-0.2, 0) is 10.0 Å². The second-order valence-electron chi connectivity index (χ2n) is 3.83. The maximum Gasteiger partial charge on any atom is 0.214 e. The van der Waals surface area contributed by atoms with Gasteiger partial charge in [0.25, 0.3) is 0 Å². The van der Waals surface area contributed by atoms with Crippen LogP contribution in [0, 0.1) is 0 Å². The van der Waals surface area contributed by atoms with Crippen LogP contribution in [0.2, 0.25) is 0 Å². The van der Waals surface area contributed by atoms with Crippen molar-refractivity contribution in [1.82, 2.24) is 4.31 Å². The highest BCUT2D eigenvalue weighted by atomic mass is 32.2. The fourth-order valence-corrected chi connectivity index (χ4v) is 3.19. The summed E-state index contributed by atoms with van der Waals surface area (Å²) >= 11 is 0. The number of hydrogen-bond donors (Lipinski definition) is 2. The van der Waals surface area contributed by atoms with Crippen LogP contribution in [0.3, 0.4) is 0 Å². The molecule has 0 amide bonds. The van der Waals surface area contributed by atoms with Crippen LogP contribution in [0.15, 0.2) is 0 Å². The van der Waals surface area contributed by atoms with E-state index in [1.165, 1.54) is 4.31 Å². The third kappa shape index (κ3) is 2.44. The van der Waals surface area contributed by atoms with E-state index in [2.05, 4.69) is 0 Å². The second-order valence-corrected chi connectivity index (χ2v) is 5.92. The summed E-state index contributed by atoms with van der Waals surface area (Å²) in [5.41, 5.74) is 4.36. The number of nitrogens with two attached hydrogens (primary N) is 1. The minimum Gasteiger partial charge on any atom is -0.387 e. The molecule has 5 nitrogen and oxygen atoms in total. The van der Waals surface area contributed by atoms with Gasteiger partial charge in [0.15, 0.2) is 0 Å². The number of sulfonamides is 1. The van der Waals surface area contributed by atoms with Gasteiger partial charge in [-0.05, 0) is 12.8 Å². The van der Waals surface area contributed by atoms with Crippen molar-refractivity contribution in [2.45, 2.75) is 25.4 Å². The van der Waals surface area contributed by atoms with Crippen LogP contribution in [0.1, 0.15) is 19.8 Å². The summed E-state index contributed by atoms with van der Waals surface area (Å²) in [7, 11) is -3.17. The molecule has 3 N–H and O–H groups in total. The zero-order valence-corrected chi connectivity index (χ0v) is 9.26. The third-order valence-corrected chi connectivity index (χ3v) is 4.56. The first-order valence-electron chi connectivity index (χ1n) is 4.84. The Balaban J connectivity index is 2.67. The van der Waals surface area contributed by atoms with Crippen LogP contribution in [0.4, 0.5) is 0 Å². The Morgan fingerprint density at radius 1 is 1.57 bits per heavy atom. The Hall–Kier alpha value is -0.170. The molecule has 1 fully saturated rings. The SMILES string of the molecule is CCCS(=O)(=O)N1CCC(O)(CN)C1. The summed E-state index contributed by atoms with van der Waals surface area (Å²) in [4.78, 5) is 0. The number of hydrogen-bond acceptors (Lipinski definition) is 4. The van der Waals surface area contributed by atoms with Gasteiger partial charge in [-0.2, -0.15) is 4.31 Å². The molecule has 1 atom stereocenters. The molecule has 0 aliphatic carbocycles. The van der Waals surface area contributed by atoms with Gasteiger partial charge in [-0.25, -0.2) is 8.42 Å². The number of nitrogens with zero attached hydrogens (tertiary/aromatic N) is 1. The number of rotatable bonds is 4. The minimum atomic E-state index is -3.17. The first-order valence-corrected chi connectivity index (χ1v) is 6.45. The molecule has 1 aliphatic rings. The highest BCUT2D eigenvalue weighted by molar-refractivity contribution is 7.89. The van der Waals surface area contributed by atoms with Crippen molar-refractivity contribution in [1.29, 1.82) is 0 Å². The Labute approximate surface area is 84.9 Å². The van der Waals surface area contributed by atoms with Gasteiger partial charge in [-0.1, -0.05) is 6.92 Å². The minimum absolute atomic E-state index is 0.116. The van der Waals surface area contributed by atoms with E-state index in [1.54, 1.807) is 0 Å². The van der Waals surface area contributed by atoms with Crippen molar-refractivity contribution < 1.29 is 13.5 Å². The van der Waals surface area contributed by atoms with E-state index in [0.717, 1.165) is 0 Å². The molecule has 1 rings (SSSR count). The summed E-state index contributed by atoms with van der Waals surface area (Å²) in [6, 6.07) is 0. The molecule has 0 aromatic heterocycles. The summed E-state index contributed by atoms with van der Waals surface area (Å²) in [5, 5.41) is 9.77. The monoisotopic (exact) mass is 222 g/mol. The quantitative estimate of drug-likeness (QED) is 0.647. The van der Waals surface area contributed by atoms with Crippen LogP contribution >= 0.6 is 0 Å². The summed E-state index contributed by atoms with van der Waals surface area (Å²) in [6.45, 7) is 2.47. The number of aliphatic hydroxyl groups is 1. The molecule has 0 aromatic rings. The van der Waals surface area contributed by atoms with Gasteiger partial charge in [0.1, 0.15) is 0 Å². The fourth-order valence-electron chi connectivity index (χ4n) is 1.61. The van der Waals surface area contributed by atoms with Crippen LogP contribution in [-0.4, -0.2) is 48.8 Å². The van der Waals surface area contributed by atoms with E-state index in [4.69, 9.17) is 5.73 Å². The van der Waals surface area contributed by atoms with Crippen molar-refractivity contribution in [3.63, 3.8) is 0 Å². The van der Waals surface area contributed by atoms with Gasteiger partial charge in [0, 0.05) is 19.6 Å². The fraction of sp³-hybridized carbons (Fsp3) is 1.00. The lowest BCUT2D eigenvalue weighted by Gasteiger charge is -2.21. The lowest BCUT2D eigenvalue weighted by Crippen LogP contribution is -2.42. The van der Waals surface area contributed by atoms with Gasteiger partial charge in [0.05, 0.1) is 11.4 Å². The molecule has 6 heteroatoms. The smallest absolute Gasteiger partial charge is 0.214 e. The largest absolute Gasteiger partial charge is 0.387 e. The predicted octanol–water partition coefficient (Wildman–Crippen LogP) is -0.878. The molecule has 1 unspecified atom stereocenters. The van der Waals surface area contributed by atoms with Gasteiger partial charge in [-0.3, -0.25) is 0 Å². The van der Waals surface area contributed by atoms with Crippen molar-refractivity contribution in [3.8, 4) is 0 Å². The van der Waals surface area contributed by atoms with E-state index >= 15 is 0 Å². The zero-order chi connectivity index (χ0) is 10.8. The Morgan fingerprint density at radius 3 is 2.64 bits per heavy atom. The third-order valence-electron chi connectivity index (χ3n) is 2.53. The summed E-state index contributed by atoms with van der Waals surface area (Å²) in [6.07, 6.45) is 1.03. The molecule has 1 aliphatic heterocycles. The molecular formula is C8H18N2O3S. The molecule has 1 heterocycles. The highest BCUT2D eigenvalue weighted by Crippen LogP contribution is 2.22. The summed E-state index contributed by atoms with van der Waals surface area (Å²) < 4.78 is 24.6. The van der Waals surface area contributed by atoms with Crippen molar-refractivity contribution in [3.05, 3.63) is 0 Å². The van der Waals surface area contributed by atoms with E-state index in [1.807, 2.05) is 6.92 Å². The first kappa shape index (κ1) is 11.9. The highest BCUT2D eigenvalue weighted by Gasteiger charge is 2.39. The van der Waals surface area contributed by atoms with E-state index in [0.29, 0.717) is 19.4 Å². The number of β-amino-alcohol motifs (C(OH)–C–C–N with tert-alkyl or cyclic N) is 1. The Kier molecular flexibility index (Phi) is 3.52.